The zero-order valence-corrected chi connectivity index (χ0v) is 15.1. The molecule has 3 nitrogen and oxygen atoms in total. The normalized spacial score (nSPS) is 29.7. The molecule has 3 heteroatoms. The fourth-order valence-electron chi connectivity index (χ4n) is 4.45. The van der Waals surface area contributed by atoms with Crippen molar-refractivity contribution >= 4 is 11.5 Å². The first-order chi connectivity index (χ1) is 11.2. The highest BCUT2D eigenvalue weighted by atomic mass is 16.6. The van der Waals surface area contributed by atoms with E-state index in [2.05, 4.69) is 19.1 Å². The summed E-state index contributed by atoms with van der Waals surface area (Å²) in [7, 11) is 0. The van der Waals surface area contributed by atoms with Crippen LogP contribution in [-0.4, -0.2) is 22.3 Å². The molecule has 0 aromatic heterocycles. The molecular formula is C21H28O3. The van der Waals surface area contributed by atoms with Gasteiger partial charge in [0.05, 0.1) is 12.0 Å². The molecule has 4 rings (SSSR count). The maximum atomic E-state index is 12.3. The predicted molar refractivity (Wildman–Crippen MR) is 95.3 cm³/mol. The topological polar surface area (TPSA) is 46.5 Å². The van der Waals surface area contributed by atoms with Crippen LogP contribution in [0.25, 0.3) is 5.57 Å². The molecule has 3 aliphatic rings. The molecule has 1 fully saturated rings. The average Bonchev–Trinajstić information content (AvgIpc) is 2.47. The second-order valence-electron chi connectivity index (χ2n) is 8.36. The SMILES string of the molecule is CC1=C(c2ccccc2)[C@H]2CC[C@@H]1C[C@@]2(O)CC(=O)OC(C)(C)C. The number of allylic oxidation sites excluding steroid dienone is 1. The van der Waals surface area contributed by atoms with Crippen molar-refractivity contribution in [1.29, 1.82) is 0 Å². The summed E-state index contributed by atoms with van der Waals surface area (Å²) in [6.07, 6.45) is 2.78. The van der Waals surface area contributed by atoms with E-state index in [-0.39, 0.29) is 18.3 Å². The van der Waals surface area contributed by atoms with E-state index in [0.717, 1.165) is 12.8 Å². The monoisotopic (exact) mass is 328 g/mol. The van der Waals surface area contributed by atoms with Crippen LogP contribution < -0.4 is 0 Å². The molecule has 1 saturated carbocycles. The van der Waals surface area contributed by atoms with Crippen molar-refractivity contribution in [3.63, 3.8) is 0 Å². The van der Waals surface area contributed by atoms with Gasteiger partial charge in [0.1, 0.15) is 5.60 Å². The summed E-state index contributed by atoms with van der Waals surface area (Å²) in [6, 6.07) is 10.3. The quantitative estimate of drug-likeness (QED) is 0.839. The summed E-state index contributed by atoms with van der Waals surface area (Å²) >= 11 is 0. The molecule has 1 N–H and O–H groups in total. The molecule has 0 aliphatic heterocycles. The van der Waals surface area contributed by atoms with Gasteiger partial charge in [0.15, 0.2) is 0 Å². The van der Waals surface area contributed by atoms with Gasteiger partial charge in [-0.3, -0.25) is 4.79 Å². The third-order valence-corrected chi connectivity index (χ3v) is 5.39. The molecule has 2 bridgehead atoms. The van der Waals surface area contributed by atoms with Gasteiger partial charge in [-0.05, 0) is 64.0 Å². The first kappa shape index (κ1) is 17.2. The smallest absolute Gasteiger partial charge is 0.309 e. The largest absolute Gasteiger partial charge is 0.460 e. The number of ether oxygens (including phenoxy) is 1. The van der Waals surface area contributed by atoms with Crippen LogP contribution >= 0.6 is 0 Å². The van der Waals surface area contributed by atoms with Crippen molar-refractivity contribution in [2.45, 2.75) is 64.6 Å². The summed E-state index contributed by atoms with van der Waals surface area (Å²) in [4.78, 5) is 12.3. The van der Waals surface area contributed by atoms with E-state index in [0.29, 0.717) is 12.3 Å². The molecular weight excluding hydrogens is 300 g/mol. The second-order valence-corrected chi connectivity index (χ2v) is 8.36. The number of hydrogen-bond acceptors (Lipinski definition) is 3. The zero-order valence-electron chi connectivity index (χ0n) is 15.1. The van der Waals surface area contributed by atoms with Gasteiger partial charge in [0, 0.05) is 5.92 Å². The van der Waals surface area contributed by atoms with Gasteiger partial charge in [-0.1, -0.05) is 35.9 Å². The average molecular weight is 328 g/mol. The number of carbonyl (C=O) groups is 1. The van der Waals surface area contributed by atoms with Gasteiger partial charge in [0.2, 0.25) is 0 Å². The Morgan fingerprint density at radius 2 is 1.92 bits per heavy atom. The lowest BCUT2D eigenvalue weighted by Gasteiger charge is -2.50. The van der Waals surface area contributed by atoms with E-state index in [1.54, 1.807) is 0 Å². The number of hydrogen-bond donors (Lipinski definition) is 1. The summed E-state index contributed by atoms with van der Waals surface area (Å²) in [5, 5.41) is 11.3. The Hall–Kier alpha value is -1.61. The van der Waals surface area contributed by atoms with Gasteiger partial charge in [-0.2, -0.15) is 0 Å². The summed E-state index contributed by atoms with van der Waals surface area (Å²) in [5.41, 5.74) is 2.29. The van der Waals surface area contributed by atoms with Crippen LogP contribution in [-0.2, 0) is 9.53 Å². The lowest BCUT2D eigenvalue weighted by atomic mass is 9.57. The molecule has 0 amide bonds. The molecule has 1 aromatic rings. The minimum absolute atomic E-state index is 0.0115. The molecule has 1 aromatic carbocycles. The Labute approximate surface area is 144 Å². The van der Waals surface area contributed by atoms with E-state index in [9.17, 15) is 9.90 Å². The molecule has 3 atom stereocenters. The first-order valence-corrected chi connectivity index (χ1v) is 8.90. The van der Waals surface area contributed by atoms with Crippen molar-refractivity contribution < 1.29 is 14.6 Å². The van der Waals surface area contributed by atoms with Crippen LogP contribution in [0.2, 0.25) is 0 Å². The van der Waals surface area contributed by atoms with Gasteiger partial charge >= 0.3 is 5.97 Å². The van der Waals surface area contributed by atoms with Gasteiger partial charge in [-0.15, -0.1) is 0 Å². The van der Waals surface area contributed by atoms with Crippen molar-refractivity contribution in [2.24, 2.45) is 11.8 Å². The first-order valence-electron chi connectivity index (χ1n) is 8.90. The van der Waals surface area contributed by atoms with Crippen molar-refractivity contribution in [1.82, 2.24) is 0 Å². The van der Waals surface area contributed by atoms with E-state index < -0.39 is 11.2 Å². The Balaban J connectivity index is 1.89. The third kappa shape index (κ3) is 3.27. The van der Waals surface area contributed by atoms with Gasteiger partial charge in [-0.25, -0.2) is 0 Å². The predicted octanol–water partition coefficient (Wildman–Crippen LogP) is 4.35. The Kier molecular flexibility index (Phi) is 4.33. The van der Waals surface area contributed by atoms with E-state index in [4.69, 9.17) is 4.74 Å². The van der Waals surface area contributed by atoms with Crippen LogP contribution in [0.5, 0.6) is 0 Å². The lowest BCUT2D eigenvalue weighted by Crippen LogP contribution is -2.50. The highest BCUT2D eigenvalue weighted by Crippen LogP contribution is 2.54. The van der Waals surface area contributed by atoms with Gasteiger partial charge in [0.25, 0.3) is 0 Å². The molecule has 0 heterocycles. The highest BCUT2D eigenvalue weighted by molar-refractivity contribution is 5.77. The van der Waals surface area contributed by atoms with E-state index >= 15 is 0 Å². The Bertz CT molecular complexity index is 653. The van der Waals surface area contributed by atoms with Crippen molar-refractivity contribution in [3.05, 3.63) is 41.5 Å². The molecule has 3 aliphatic carbocycles. The maximum absolute atomic E-state index is 12.3. The van der Waals surface area contributed by atoms with Crippen LogP contribution in [0, 0.1) is 11.8 Å². The fourth-order valence-corrected chi connectivity index (χ4v) is 4.45. The second kappa shape index (κ2) is 6.03. The number of fused-ring (bicyclic) bond motifs is 2. The van der Waals surface area contributed by atoms with Crippen LogP contribution in [0.3, 0.4) is 0 Å². The summed E-state index contributed by atoms with van der Waals surface area (Å²) in [5.74, 6) is 0.0673. The minimum Gasteiger partial charge on any atom is -0.460 e. The Morgan fingerprint density at radius 1 is 1.25 bits per heavy atom. The molecule has 0 saturated heterocycles. The molecule has 130 valence electrons. The fraction of sp³-hybridized carbons (Fsp3) is 0.571. The number of esters is 1. The van der Waals surface area contributed by atoms with Crippen LogP contribution in [0.15, 0.2) is 35.9 Å². The van der Waals surface area contributed by atoms with Crippen molar-refractivity contribution in [2.75, 3.05) is 0 Å². The Morgan fingerprint density at radius 3 is 2.54 bits per heavy atom. The lowest BCUT2D eigenvalue weighted by molar-refractivity contribution is -0.164. The van der Waals surface area contributed by atoms with Crippen molar-refractivity contribution in [3.8, 4) is 0 Å². The molecule has 0 unspecified atom stereocenters. The van der Waals surface area contributed by atoms with E-state index in [1.807, 2.05) is 39.0 Å². The highest BCUT2D eigenvalue weighted by Gasteiger charge is 2.50. The van der Waals surface area contributed by atoms with Gasteiger partial charge < -0.3 is 9.84 Å². The van der Waals surface area contributed by atoms with E-state index in [1.165, 1.54) is 16.7 Å². The molecule has 0 radical (unpaired) electrons. The minimum atomic E-state index is -0.990. The number of benzene rings is 1. The van der Waals surface area contributed by atoms with Crippen LogP contribution in [0.4, 0.5) is 0 Å². The zero-order chi connectivity index (χ0) is 17.5. The summed E-state index contributed by atoms with van der Waals surface area (Å²) < 4.78 is 5.47. The molecule has 24 heavy (non-hydrogen) atoms. The van der Waals surface area contributed by atoms with Crippen LogP contribution in [0.1, 0.15) is 58.9 Å². The summed E-state index contributed by atoms with van der Waals surface area (Å²) in [6.45, 7) is 7.77. The molecule has 0 spiro atoms. The third-order valence-electron chi connectivity index (χ3n) is 5.39. The number of carbonyl (C=O) groups excluding carboxylic acids is 1. The number of aliphatic hydroxyl groups is 1. The number of rotatable bonds is 3. The maximum Gasteiger partial charge on any atom is 0.309 e. The standard InChI is InChI=1S/C21H28O3/c1-14-16-10-11-17(19(14)15-8-6-5-7-9-15)21(23,12-16)13-18(22)24-20(2,3)4/h5-9,16-17,23H,10-13H2,1-4H3/t16-,17-,21-/m1/s1.